The minimum absolute atomic E-state index is 0.275. The van der Waals surface area contributed by atoms with Crippen molar-refractivity contribution >= 4 is 17.6 Å². The van der Waals surface area contributed by atoms with Crippen molar-refractivity contribution in [2.45, 2.75) is 26.6 Å². The molecule has 2 aromatic rings. The zero-order chi connectivity index (χ0) is 17.4. The standard InChI is InChI=1S/C18H21ClFN3O/c1-2-21-18(23-11-14-5-3-4-6-16(14)19)22-10-13-7-8-17(20)15(9-13)12-24/h3-9,24H,2,10-12H2,1H3,(H2,21,22,23). The van der Waals surface area contributed by atoms with E-state index in [1.807, 2.05) is 31.2 Å². The predicted molar refractivity (Wildman–Crippen MR) is 95.4 cm³/mol. The van der Waals surface area contributed by atoms with E-state index in [-0.39, 0.29) is 12.2 Å². The van der Waals surface area contributed by atoms with E-state index in [1.165, 1.54) is 6.07 Å². The first-order valence-electron chi connectivity index (χ1n) is 7.77. The van der Waals surface area contributed by atoms with Crippen molar-refractivity contribution in [3.05, 3.63) is 70.0 Å². The summed E-state index contributed by atoms with van der Waals surface area (Å²) in [4.78, 5) is 4.48. The topological polar surface area (TPSA) is 56.7 Å². The van der Waals surface area contributed by atoms with Crippen LogP contribution in [0.15, 0.2) is 47.5 Å². The Morgan fingerprint density at radius 3 is 2.67 bits per heavy atom. The molecule has 0 saturated carbocycles. The Bertz CT molecular complexity index is 706. The molecule has 0 atom stereocenters. The van der Waals surface area contributed by atoms with Gasteiger partial charge in [-0.25, -0.2) is 9.38 Å². The van der Waals surface area contributed by atoms with Gasteiger partial charge in [-0.3, -0.25) is 0 Å². The first kappa shape index (κ1) is 18.2. The number of aliphatic hydroxyl groups is 1. The maximum absolute atomic E-state index is 13.4. The Balaban J connectivity index is 2.04. The number of guanidine groups is 1. The van der Waals surface area contributed by atoms with Gasteiger partial charge in [0, 0.05) is 23.7 Å². The summed E-state index contributed by atoms with van der Waals surface area (Å²) >= 11 is 6.15. The number of benzene rings is 2. The summed E-state index contributed by atoms with van der Waals surface area (Å²) in [7, 11) is 0. The molecule has 128 valence electrons. The Labute approximate surface area is 146 Å². The lowest BCUT2D eigenvalue weighted by Gasteiger charge is -2.12. The van der Waals surface area contributed by atoms with Gasteiger partial charge in [-0.2, -0.15) is 0 Å². The summed E-state index contributed by atoms with van der Waals surface area (Å²) in [6.45, 7) is 3.31. The third kappa shape index (κ3) is 5.22. The lowest BCUT2D eigenvalue weighted by molar-refractivity contribution is 0.275. The molecule has 0 fully saturated rings. The molecule has 0 heterocycles. The van der Waals surface area contributed by atoms with Gasteiger partial charge in [-0.05, 0) is 36.2 Å². The maximum atomic E-state index is 13.4. The lowest BCUT2D eigenvalue weighted by atomic mass is 10.1. The number of aliphatic hydroxyl groups excluding tert-OH is 1. The van der Waals surface area contributed by atoms with Gasteiger partial charge in [0.05, 0.1) is 13.2 Å². The molecule has 2 rings (SSSR count). The highest BCUT2D eigenvalue weighted by Gasteiger charge is 2.04. The molecule has 0 spiro atoms. The zero-order valence-electron chi connectivity index (χ0n) is 13.5. The lowest BCUT2D eigenvalue weighted by Crippen LogP contribution is -2.36. The van der Waals surface area contributed by atoms with E-state index < -0.39 is 5.82 Å². The summed E-state index contributed by atoms with van der Waals surface area (Å²) in [6, 6.07) is 12.2. The zero-order valence-corrected chi connectivity index (χ0v) is 14.3. The molecule has 3 N–H and O–H groups in total. The third-order valence-corrected chi connectivity index (χ3v) is 3.82. The van der Waals surface area contributed by atoms with Gasteiger partial charge in [0.25, 0.3) is 0 Å². The summed E-state index contributed by atoms with van der Waals surface area (Å²) in [5.41, 5.74) is 2.08. The molecule has 0 unspecified atom stereocenters. The molecular weight excluding hydrogens is 329 g/mol. The number of hydrogen-bond acceptors (Lipinski definition) is 2. The molecular formula is C18H21ClFN3O. The second kappa shape index (κ2) is 9.25. The predicted octanol–water partition coefficient (Wildman–Crippen LogP) is 3.23. The van der Waals surface area contributed by atoms with E-state index >= 15 is 0 Å². The van der Waals surface area contributed by atoms with Gasteiger partial charge >= 0.3 is 0 Å². The Morgan fingerprint density at radius 1 is 1.17 bits per heavy atom. The fraction of sp³-hybridized carbons (Fsp3) is 0.278. The van der Waals surface area contributed by atoms with Crippen LogP contribution in [0.4, 0.5) is 4.39 Å². The fourth-order valence-electron chi connectivity index (χ4n) is 2.18. The molecule has 0 aromatic heterocycles. The summed E-state index contributed by atoms with van der Waals surface area (Å²) in [6.07, 6.45) is 0. The molecule has 4 nitrogen and oxygen atoms in total. The van der Waals surface area contributed by atoms with Crippen molar-refractivity contribution in [2.75, 3.05) is 6.54 Å². The van der Waals surface area contributed by atoms with Crippen LogP contribution in [0, 0.1) is 5.82 Å². The SMILES string of the molecule is CCNC(=NCc1ccc(F)c(CO)c1)NCc1ccccc1Cl. The quantitative estimate of drug-likeness (QED) is 0.554. The average Bonchev–Trinajstić information content (AvgIpc) is 2.59. The second-order valence-electron chi connectivity index (χ2n) is 5.22. The maximum Gasteiger partial charge on any atom is 0.191 e. The van der Waals surface area contributed by atoms with Crippen LogP contribution in [0.5, 0.6) is 0 Å². The van der Waals surface area contributed by atoms with E-state index in [0.717, 1.165) is 17.7 Å². The first-order chi connectivity index (χ1) is 11.6. The van der Waals surface area contributed by atoms with Crippen LogP contribution in [-0.2, 0) is 19.7 Å². The van der Waals surface area contributed by atoms with Crippen LogP contribution in [0.1, 0.15) is 23.6 Å². The smallest absolute Gasteiger partial charge is 0.191 e. The van der Waals surface area contributed by atoms with Gasteiger partial charge in [-0.1, -0.05) is 35.9 Å². The summed E-state index contributed by atoms with van der Waals surface area (Å²) in [5.74, 6) is 0.237. The van der Waals surface area contributed by atoms with Crippen molar-refractivity contribution in [3.8, 4) is 0 Å². The molecule has 6 heteroatoms. The van der Waals surface area contributed by atoms with Crippen molar-refractivity contribution < 1.29 is 9.50 Å². The van der Waals surface area contributed by atoms with E-state index in [4.69, 9.17) is 16.7 Å². The van der Waals surface area contributed by atoms with E-state index in [1.54, 1.807) is 12.1 Å². The average molecular weight is 350 g/mol. The second-order valence-corrected chi connectivity index (χ2v) is 5.63. The monoisotopic (exact) mass is 349 g/mol. The van der Waals surface area contributed by atoms with Crippen LogP contribution >= 0.6 is 11.6 Å². The molecule has 24 heavy (non-hydrogen) atoms. The van der Waals surface area contributed by atoms with Gasteiger partial charge in [-0.15, -0.1) is 0 Å². The molecule has 0 aliphatic heterocycles. The first-order valence-corrected chi connectivity index (χ1v) is 8.15. The van der Waals surface area contributed by atoms with Gasteiger partial charge < -0.3 is 15.7 Å². The van der Waals surface area contributed by atoms with Crippen molar-refractivity contribution in [1.82, 2.24) is 10.6 Å². The molecule has 0 bridgehead atoms. The van der Waals surface area contributed by atoms with Crippen LogP contribution in [0.25, 0.3) is 0 Å². The Hall–Kier alpha value is -2.11. The number of nitrogens with one attached hydrogen (secondary N) is 2. The summed E-state index contributed by atoms with van der Waals surface area (Å²) in [5, 5.41) is 16.2. The van der Waals surface area contributed by atoms with Crippen LogP contribution in [-0.4, -0.2) is 17.6 Å². The molecule has 0 saturated heterocycles. The van der Waals surface area contributed by atoms with Crippen molar-refractivity contribution in [3.63, 3.8) is 0 Å². The van der Waals surface area contributed by atoms with Crippen LogP contribution < -0.4 is 10.6 Å². The number of nitrogens with zero attached hydrogens (tertiary/aromatic N) is 1. The van der Waals surface area contributed by atoms with Crippen molar-refractivity contribution in [1.29, 1.82) is 0 Å². The van der Waals surface area contributed by atoms with E-state index in [9.17, 15) is 4.39 Å². The molecule has 0 aliphatic carbocycles. The largest absolute Gasteiger partial charge is 0.392 e. The van der Waals surface area contributed by atoms with Gasteiger partial charge in [0.1, 0.15) is 5.82 Å². The minimum Gasteiger partial charge on any atom is -0.392 e. The minimum atomic E-state index is -0.408. The number of aliphatic imine (C=N–C) groups is 1. The Kier molecular flexibility index (Phi) is 7.03. The van der Waals surface area contributed by atoms with Crippen molar-refractivity contribution in [2.24, 2.45) is 4.99 Å². The van der Waals surface area contributed by atoms with Gasteiger partial charge in [0.2, 0.25) is 0 Å². The number of hydrogen-bond donors (Lipinski definition) is 3. The molecule has 2 aromatic carbocycles. The molecule has 0 aliphatic rings. The highest BCUT2D eigenvalue weighted by Crippen LogP contribution is 2.14. The number of rotatable bonds is 6. The van der Waals surface area contributed by atoms with Crippen LogP contribution in [0.2, 0.25) is 5.02 Å². The third-order valence-electron chi connectivity index (χ3n) is 3.45. The summed E-state index contributed by atoms with van der Waals surface area (Å²) < 4.78 is 13.4. The Morgan fingerprint density at radius 2 is 1.96 bits per heavy atom. The normalized spacial score (nSPS) is 11.4. The van der Waals surface area contributed by atoms with Gasteiger partial charge in [0.15, 0.2) is 5.96 Å². The fourth-order valence-corrected chi connectivity index (χ4v) is 2.38. The molecule has 0 radical (unpaired) electrons. The van der Waals surface area contributed by atoms with Crippen LogP contribution in [0.3, 0.4) is 0 Å². The number of halogens is 2. The molecule has 0 amide bonds. The highest BCUT2D eigenvalue weighted by atomic mass is 35.5. The van der Waals surface area contributed by atoms with E-state index in [2.05, 4.69) is 15.6 Å². The highest BCUT2D eigenvalue weighted by molar-refractivity contribution is 6.31. The van der Waals surface area contributed by atoms with E-state index in [0.29, 0.717) is 24.1 Å².